The van der Waals surface area contributed by atoms with Gasteiger partial charge in [-0.05, 0) is 22.7 Å². The Morgan fingerprint density at radius 3 is 1.28 bits per heavy atom. The topological polar surface area (TPSA) is 43.1 Å². The SMILES string of the molecule is C=C[CH2][AlH2].Nc1ccccc1.O=Cc1ccccc1.c1ccc(Pc2ccccc2)cc1. The maximum Gasteiger partial charge on any atom is 0.217 e. The van der Waals surface area contributed by atoms with Crippen molar-refractivity contribution >= 4 is 47.5 Å². The second-order valence-corrected chi connectivity index (χ2v) is 8.71. The van der Waals surface area contributed by atoms with Crippen LogP contribution in [0.3, 0.4) is 0 Å². The quantitative estimate of drug-likeness (QED) is 0.149. The fourth-order valence-corrected chi connectivity index (χ4v) is 3.25. The van der Waals surface area contributed by atoms with Crippen molar-refractivity contribution in [1.82, 2.24) is 0 Å². The van der Waals surface area contributed by atoms with Gasteiger partial charge in [0.2, 0.25) is 16.3 Å². The lowest BCUT2D eigenvalue weighted by Gasteiger charge is -2.00. The molecule has 4 aromatic carbocycles. The summed E-state index contributed by atoms with van der Waals surface area (Å²) in [5, 5.41) is 4.02. The minimum absolute atomic E-state index is 0.729. The number of rotatable bonds is 4. The molecule has 0 unspecified atom stereocenters. The molecular formula is C28H31AlNOP. The van der Waals surface area contributed by atoms with E-state index in [9.17, 15) is 4.79 Å². The van der Waals surface area contributed by atoms with Crippen molar-refractivity contribution in [1.29, 1.82) is 0 Å². The zero-order valence-corrected chi connectivity index (χ0v) is 21.6. The normalized spacial score (nSPS) is 8.75. The lowest BCUT2D eigenvalue weighted by molar-refractivity contribution is 0.112. The molecule has 4 rings (SSSR count). The zero-order chi connectivity index (χ0) is 23.3. The van der Waals surface area contributed by atoms with Crippen LogP contribution in [-0.2, 0) is 0 Å². The van der Waals surface area contributed by atoms with Gasteiger partial charge in [0.15, 0.2) is 0 Å². The molecule has 0 aliphatic heterocycles. The van der Waals surface area contributed by atoms with Gasteiger partial charge in [-0.1, -0.05) is 123 Å². The van der Waals surface area contributed by atoms with Gasteiger partial charge in [-0.25, -0.2) is 0 Å². The molecule has 0 bridgehead atoms. The summed E-state index contributed by atoms with van der Waals surface area (Å²) in [6, 6.07) is 39.7. The minimum Gasteiger partial charge on any atom is -0.399 e. The number of nitrogens with two attached hydrogens (primary N) is 1. The van der Waals surface area contributed by atoms with Gasteiger partial charge in [0, 0.05) is 11.3 Å². The van der Waals surface area contributed by atoms with Crippen LogP contribution in [0.1, 0.15) is 10.4 Å². The van der Waals surface area contributed by atoms with E-state index in [0.29, 0.717) is 0 Å². The first-order valence-electron chi connectivity index (χ1n) is 10.5. The molecule has 0 spiro atoms. The summed E-state index contributed by atoms with van der Waals surface area (Å²) < 4.78 is 0. The van der Waals surface area contributed by atoms with Crippen LogP contribution in [0, 0.1) is 0 Å². The number of aldehydes is 1. The number of para-hydroxylation sites is 1. The molecule has 0 fully saturated rings. The Labute approximate surface area is 202 Å². The maximum absolute atomic E-state index is 10.0. The van der Waals surface area contributed by atoms with Crippen molar-refractivity contribution in [3.63, 3.8) is 0 Å². The Balaban J connectivity index is 0.000000233. The highest BCUT2D eigenvalue weighted by Crippen LogP contribution is 2.08. The summed E-state index contributed by atoms with van der Waals surface area (Å²) in [4.78, 5) is 10.0. The van der Waals surface area contributed by atoms with Gasteiger partial charge in [-0.15, -0.1) is 12.7 Å². The van der Waals surface area contributed by atoms with Crippen molar-refractivity contribution in [2.75, 3.05) is 5.73 Å². The van der Waals surface area contributed by atoms with Gasteiger partial charge in [-0.2, -0.15) is 0 Å². The van der Waals surface area contributed by atoms with Crippen molar-refractivity contribution in [2.45, 2.75) is 5.28 Å². The average molecular weight is 456 g/mol. The molecule has 0 aliphatic carbocycles. The molecule has 0 heterocycles. The van der Waals surface area contributed by atoms with Crippen LogP contribution in [0.5, 0.6) is 0 Å². The highest BCUT2D eigenvalue weighted by molar-refractivity contribution is 7.55. The minimum atomic E-state index is 0.729. The number of benzene rings is 4. The number of hydrogen-bond acceptors (Lipinski definition) is 2. The molecule has 0 aromatic heterocycles. The van der Waals surface area contributed by atoms with Crippen LogP contribution in [0.4, 0.5) is 5.69 Å². The monoisotopic (exact) mass is 455 g/mol. The molecule has 0 saturated heterocycles. The van der Waals surface area contributed by atoms with E-state index < -0.39 is 0 Å². The van der Waals surface area contributed by atoms with Crippen LogP contribution in [-0.4, -0.2) is 22.6 Å². The van der Waals surface area contributed by atoms with Crippen LogP contribution in [0.15, 0.2) is 134 Å². The molecule has 32 heavy (non-hydrogen) atoms. The molecule has 2 N–H and O–H groups in total. The number of hydrogen-bond donors (Lipinski definition) is 1. The third-order valence-electron chi connectivity index (χ3n) is 3.86. The van der Waals surface area contributed by atoms with E-state index >= 15 is 0 Å². The summed E-state index contributed by atoms with van der Waals surface area (Å²) in [5.41, 5.74) is 6.91. The van der Waals surface area contributed by atoms with Crippen molar-refractivity contribution in [2.24, 2.45) is 0 Å². The van der Waals surface area contributed by atoms with E-state index in [-0.39, 0.29) is 0 Å². The number of anilines is 1. The molecule has 4 heteroatoms. The Kier molecular flexibility index (Phi) is 15.9. The highest BCUT2D eigenvalue weighted by Gasteiger charge is 1.92. The van der Waals surface area contributed by atoms with Crippen molar-refractivity contribution in [3.8, 4) is 0 Å². The molecule has 0 saturated carbocycles. The summed E-state index contributed by atoms with van der Waals surface area (Å²) in [7, 11) is 0.777. The predicted octanol–water partition coefficient (Wildman–Crippen LogP) is 5.31. The Morgan fingerprint density at radius 2 is 1.03 bits per heavy atom. The van der Waals surface area contributed by atoms with E-state index in [1.165, 1.54) is 32.2 Å². The Morgan fingerprint density at radius 1 is 0.688 bits per heavy atom. The molecule has 162 valence electrons. The second-order valence-electron chi connectivity index (χ2n) is 6.49. The number of nitrogen functional groups attached to an aromatic ring is 1. The fraction of sp³-hybridized carbons (Fsp3) is 0.0357. The van der Waals surface area contributed by atoms with E-state index in [0.717, 1.165) is 26.1 Å². The smallest absolute Gasteiger partial charge is 0.217 e. The van der Waals surface area contributed by atoms with E-state index in [2.05, 4.69) is 67.2 Å². The van der Waals surface area contributed by atoms with Crippen molar-refractivity contribution < 1.29 is 4.79 Å². The summed E-state index contributed by atoms with van der Waals surface area (Å²) in [6.45, 7) is 3.51. The third-order valence-corrected chi connectivity index (χ3v) is 5.68. The number of carbonyl (C=O) groups is 1. The first-order valence-corrected chi connectivity index (χ1v) is 12.9. The van der Waals surface area contributed by atoms with Gasteiger partial charge in [0.1, 0.15) is 6.29 Å². The second kappa shape index (κ2) is 18.8. The largest absolute Gasteiger partial charge is 0.399 e. The van der Waals surface area contributed by atoms with E-state index in [4.69, 9.17) is 5.73 Å². The van der Waals surface area contributed by atoms with Gasteiger partial charge in [-0.3, -0.25) is 4.79 Å². The van der Waals surface area contributed by atoms with E-state index in [1.807, 2.05) is 54.6 Å². The molecule has 0 radical (unpaired) electrons. The lowest BCUT2D eigenvalue weighted by Crippen LogP contribution is -2.01. The van der Waals surface area contributed by atoms with Crippen LogP contribution < -0.4 is 16.3 Å². The first-order chi connectivity index (χ1) is 15.7. The molecule has 2 nitrogen and oxygen atoms in total. The maximum atomic E-state index is 10.0. The van der Waals surface area contributed by atoms with Crippen LogP contribution >= 0.6 is 8.58 Å². The average Bonchev–Trinajstić information content (AvgIpc) is 2.87. The molecule has 0 aliphatic rings. The van der Waals surface area contributed by atoms with Gasteiger partial charge in [0.05, 0.1) is 0 Å². The third kappa shape index (κ3) is 14.1. The summed E-state index contributed by atoms with van der Waals surface area (Å²) in [6.07, 6.45) is 2.77. The van der Waals surface area contributed by atoms with Crippen LogP contribution in [0.25, 0.3) is 0 Å². The number of allylic oxidation sites excluding steroid dienone is 1. The molecule has 0 atom stereocenters. The predicted molar refractivity (Wildman–Crippen MR) is 147 cm³/mol. The summed E-state index contributed by atoms with van der Waals surface area (Å²) >= 11 is 1.27. The Bertz CT molecular complexity index is 928. The lowest BCUT2D eigenvalue weighted by atomic mass is 10.2. The van der Waals surface area contributed by atoms with E-state index in [1.54, 1.807) is 12.1 Å². The summed E-state index contributed by atoms with van der Waals surface area (Å²) in [5.74, 6) is 0. The van der Waals surface area contributed by atoms with Gasteiger partial charge >= 0.3 is 0 Å². The zero-order valence-electron chi connectivity index (χ0n) is 18.6. The molecular weight excluding hydrogens is 424 g/mol. The molecule has 4 aromatic rings. The Hall–Kier alpha value is -2.95. The van der Waals surface area contributed by atoms with Crippen molar-refractivity contribution in [3.05, 3.63) is 140 Å². The highest BCUT2D eigenvalue weighted by atomic mass is 31.1. The fourth-order valence-electron chi connectivity index (χ4n) is 2.19. The van der Waals surface area contributed by atoms with Gasteiger partial charge in [0.25, 0.3) is 0 Å². The first kappa shape index (κ1) is 27.1. The van der Waals surface area contributed by atoms with Crippen LogP contribution in [0.2, 0.25) is 5.28 Å². The number of carbonyl (C=O) groups excluding carboxylic acids is 1. The van der Waals surface area contributed by atoms with Gasteiger partial charge < -0.3 is 5.73 Å². The standard InChI is InChI=1S/C12H11P.C7H6O.C6H7N.C3H5.Al.2H/c1-3-7-11(8-4-1)13-12-9-5-2-6-10-12;8-6-7-4-2-1-3-5-7;7-6-4-2-1-3-5-6;1-3-2;;;/h1-10,13H;1-6H;1-5H,7H2;3H,1-2H2;;;. The molecule has 0 amide bonds.